The van der Waals surface area contributed by atoms with E-state index in [0.29, 0.717) is 0 Å². The Bertz CT molecular complexity index is 602. The monoisotopic (exact) mass is 464 g/mol. The summed E-state index contributed by atoms with van der Waals surface area (Å²) >= 11 is 1.98. The molecule has 25 heavy (non-hydrogen) atoms. The number of nitrogens with one attached hydrogen (secondary N) is 1. The molecule has 0 spiro atoms. The van der Waals surface area contributed by atoms with Gasteiger partial charge in [-0.3, -0.25) is 9.69 Å². The Balaban J connectivity index is 2.34. The molecule has 1 aromatic rings. The SMILES string of the molecule is CNC(=O)[C@@H]1[C@@H](OC(=O)c2ccccc2)[C@@H](O)[C@H](O)[C@@H](CO)N1CI. The Labute approximate surface area is 158 Å². The number of carbonyl (C=O) groups is 2. The summed E-state index contributed by atoms with van der Waals surface area (Å²) in [6.45, 7) is -0.450. The third kappa shape index (κ3) is 4.11. The number of piperidine rings is 1. The summed E-state index contributed by atoms with van der Waals surface area (Å²) in [5, 5.41) is 32.7. The van der Waals surface area contributed by atoms with Gasteiger partial charge in [0.05, 0.1) is 22.8 Å². The molecular weight excluding hydrogens is 443 g/mol. The van der Waals surface area contributed by atoms with E-state index in [4.69, 9.17) is 4.74 Å². The molecular formula is C16H21IN2O6. The van der Waals surface area contributed by atoms with Gasteiger partial charge in [-0.05, 0) is 12.1 Å². The van der Waals surface area contributed by atoms with Gasteiger partial charge in [-0.2, -0.15) is 0 Å². The van der Waals surface area contributed by atoms with Gasteiger partial charge in [0, 0.05) is 7.05 Å². The Morgan fingerprint density at radius 2 is 1.88 bits per heavy atom. The summed E-state index contributed by atoms with van der Waals surface area (Å²) < 4.78 is 5.67. The zero-order valence-electron chi connectivity index (χ0n) is 13.6. The van der Waals surface area contributed by atoms with Crippen LogP contribution in [0.1, 0.15) is 10.4 Å². The molecule has 0 radical (unpaired) electrons. The Kier molecular flexibility index (Phi) is 7.14. The van der Waals surface area contributed by atoms with Crippen LogP contribution >= 0.6 is 22.6 Å². The van der Waals surface area contributed by atoms with Gasteiger partial charge in [-0.15, -0.1) is 0 Å². The minimum atomic E-state index is -1.51. The summed E-state index contributed by atoms with van der Waals surface area (Å²) in [6, 6.07) is 6.29. The first-order valence-corrected chi connectivity index (χ1v) is 9.25. The van der Waals surface area contributed by atoms with E-state index in [0.717, 1.165) is 0 Å². The first-order chi connectivity index (χ1) is 12.0. The number of alkyl halides is 1. The van der Waals surface area contributed by atoms with Crippen molar-refractivity contribution in [3.8, 4) is 0 Å². The maximum absolute atomic E-state index is 12.4. The van der Waals surface area contributed by atoms with Crippen LogP contribution in [0.25, 0.3) is 0 Å². The van der Waals surface area contributed by atoms with E-state index < -0.39 is 48.9 Å². The second kappa shape index (κ2) is 8.90. The van der Waals surface area contributed by atoms with Crippen LogP contribution in [0, 0.1) is 0 Å². The van der Waals surface area contributed by atoms with E-state index in [-0.39, 0.29) is 10.1 Å². The number of halogens is 1. The maximum Gasteiger partial charge on any atom is 0.338 e. The van der Waals surface area contributed by atoms with Crippen LogP contribution in [0.2, 0.25) is 0 Å². The summed E-state index contributed by atoms with van der Waals surface area (Å²) in [6.07, 6.45) is -4.15. The van der Waals surface area contributed by atoms with Gasteiger partial charge in [0.1, 0.15) is 18.2 Å². The lowest BCUT2D eigenvalue weighted by Crippen LogP contribution is -2.70. The Morgan fingerprint density at radius 3 is 2.40 bits per heavy atom. The average molecular weight is 464 g/mol. The van der Waals surface area contributed by atoms with Gasteiger partial charge in [-0.1, -0.05) is 40.8 Å². The average Bonchev–Trinajstić information content (AvgIpc) is 2.65. The summed E-state index contributed by atoms with van der Waals surface area (Å²) in [5.74, 6) is -1.19. The van der Waals surface area contributed by atoms with Gasteiger partial charge in [0.2, 0.25) is 5.91 Å². The minimum Gasteiger partial charge on any atom is -0.454 e. The van der Waals surface area contributed by atoms with E-state index in [1.165, 1.54) is 11.9 Å². The molecule has 1 aliphatic heterocycles. The van der Waals surface area contributed by atoms with Crippen molar-refractivity contribution in [2.45, 2.75) is 30.4 Å². The van der Waals surface area contributed by atoms with E-state index in [9.17, 15) is 24.9 Å². The standard InChI is InChI=1S/C16H21IN2O6/c1-18-15(23)11-14(25-16(24)9-5-3-2-4-6-9)13(22)12(21)10(7-20)19(11)8-17/h2-6,10-14,20-22H,7-8H2,1H3,(H,18,23)/t10-,11+,12-,13+,14-/m1/s1. The molecule has 1 amide bonds. The molecule has 0 bridgehead atoms. The molecule has 138 valence electrons. The zero-order chi connectivity index (χ0) is 18.6. The predicted octanol–water partition coefficient (Wildman–Crippen LogP) is -0.883. The number of hydrogen-bond acceptors (Lipinski definition) is 7. The van der Waals surface area contributed by atoms with Crippen molar-refractivity contribution < 1.29 is 29.6 Å². The lowest BCUT2D eigenvalue weighted by molar-refractivity contribution is -0.175. The first-order valence-electron chi connectivity index (χ1n) is 7.72. The molecule has 8 nitrogen and oxygen atoms in total. The van der Waals surface area contributed by atoms with E-state index in [2.05, 4.69) is 5.32 Å². The topological polar surface area (TPSA) is 119 Å². The minimum absolute atomic E-state index is 0.269. The lowest BCUT2D eigenvalue weighted by Gasteiger charge is -2.48. The molecule has 1 aliphatic rings. The number of nitrogens with zero attached hydrogens (tertiary/aromatic N) is 1. The summed E-state index contributed by atoms with van der Waals surface area (Å²) in [7, 11) is 1.43. The summed E-state index contributed by atoms with van der Waals surface area (Å²) in [5.41, 5.74) is 0.269. The Hall–Kier alpha value is -1.27. The van der Waals surface area contributed by atoms with Crippen molar-refractivity contribution in [3.63, 3.8) is 0 Å². The third-order valence-electron chi connectivity index (χ3n) is 4.27. The van der Waals surface area contributed by atoms with E-state index in [1.807, 2.05) is 22.6 Å². The molecule has 1 aromatic carbocycles. The normalized spacial score (nSPS) is 29.9. The molecule has 5 atom stereocenters. The number of amides is 1. The molecule has 9 heteroatoms. The molecule has 0 aliphatic carbocycles. The molecule has 1 heterocycles. The quantitative estimate of drug-likeness (QED) is 0.193. The number of carbonyl (C=O) groups excluding carboxylic acids is 2. The second-order valence-electron chi connectivity index (χ2n) is 5.66. The number of aliphatic hydroxyl groups excluding tert-OH is 3. The van der Waals surface area contributed by atoms with Crippen LogP contribution in [-0.4, -0.2) is 80.7 Å². The fraction of sp³-hybridized carbons (Fsp3) is 0.500. The van der Waals surface area contributed by atoms with Crippen molar-refractivity contribution in [1.82, 2.24) is 10.2 Å². The van der Waals surface area contributed by atoms with E-state index >= 15 is 0 Å². The van der Waals surface area contributed by atoms with Crippen molar-refractivity contribution in [1.29, 1.82) is 0 Å². The van der Waals surface area contributed by atoms with Crippen molar-refractivity contribution in [2.24, 2.45) is 0 Å². The van der Waals surface area contributed by atoms with Crippen LogP contribution in [0.5, 0.6) is 0 Å². The molecule has 4 N–H and O–H groups in total. The lowest BCUT2D eigenvalue weighted by atomic mass is 9.88. The van der Waals surface area contributed by atoms with Crippen LogP contribution in [-0.2, 0) is 9.53 Å². The van der Waals surface area contributed by atoms with Crippen molar-refractivity contribution >= 4 is 34.5 Å². The highest BCUT2D eigenvalue weighted by Gasteiger charge is 2.52. The van der Waals surface area contributed by atoms with Crippen LogP contribution in [0.4, 0.5) is 0 Å². The third-order valence-corrected chi connectivity index (χ3v) is 5.06. The van der Waals surface area contributed by atoms with Crippen LogP contribution < -0.4 is 5.32 Å². The zero-order valence-corrected chi connectivity index (χ0v) is 15.7. The number of likely N-dealkylation sites (N-methyl/N-ethyl adjacent to an activating group) is 1. The van der Waals surface area contributed by atoms with Crippen LogP contribution in [0.15, 0.2) is 30.3 Å². The molecule has 0 unspecified atom stereocenters. The number of hydrogen-bond donors (Lipinski definition) is 4. The maximum atomic E-state index is 12.4. The molecule has 0 saturated carbocycles. The molecule has 1 fully saturated rings. The van der Waals surface area contributed by atoms with Gasteiger partial charge in [-0.25, -0.2) is 4.79 Å². The number of likely N-dealkylation sites (tertiary alicyclic amines) is 1. The van der Waals surface area contributed by atoms with Crippen LogP contribution in [0.3, 0.4) is 0 Å². The number of ether oxygens (including phenoxy) is 1. The predicted molar refractivity (Wildman–Crippen MR) is 97.1 cm³/mol. The highest BCUT2D eigenvalue weighted by Crippen LogP contribution is 2.28. The van der Waals surface area contributed by atoms with Crippen molar-refractivity contribution in [2.75, 3.05) is 18.2 Å². The van der Waals surface area contributed by atoms with Gasteiger partial charge >= 0.3 is 5.97 Å². The first kappa shape index (κ1) is 20.0. The number of aliphatic hydroxyl groups is 3. The van der Waals surface area contributed by atoms with Gasteiger partial charge in [0.25, 0.3) is 0 Å². The molecule has 2 rings (SSSR count). The number of rotatable bonds is 5. The van der Waals surface area contributed by atoms with Gasteiger partial charge in [0.15, 0.2) is 6.10 Å². The number of esters is 1. The summed E-state index contributed by atoms with van der Waals surface area (Å²) in [4.78, 5) is 26.2. The van der Waals surface area contributed by atoms with E-state index in [1.54, 1.807) is 30.3 Å². The fourth-order valence-electron chi connectivity index (χ4n) is 2.92. The largest absolute Gasteiger partial charge is 0.454 e. The van der Waals surface area contributed by atoms with Crippen molar-refractivity contribution in [3.05, 3.63) is 35.9 Å². The highest BCUT2D eigenvalue weighted by molar-refractivity contribution is 14.1. The molecule has 0 aromatic heterocycles. The van der Waals surface area contributed by atoms with Gasteiger partial charge < -0.3 is 25.4 Å². The smallest absolute Gasteiger partial charge is 0.338 e. The fourth-order valence-corrected chi connectivity index (χ4v) is 3.85. The number of benzene rings is 1. The Morgan fingerprint density at radius 1 is 1.24 bits per heavy atom. The highest BCUT2D eigenvalue weighted by atomic mass is 127. The second-order valence-corrected chi connectivity index (χ2v) is 6.34. The molecule has 1 saturated heterocycles.